The first kappa shape index (κ1) is 22.8. The van der Waals surface area contributed by atoms with Gasteiger partial charge in [-0.05, 0) is 56.1 Å². The second-order valence-electron chi connectivity index (χ2n) is 8.58. The highest BCUT2D eigenvalue weighted by molar-refractivity contribution is 5.97. The third-order valence-electron chi connectivity index (χ3n) is 6.22. The Balaban J connectivity index is 1.39. The summed E-state index contributed by atoms with van der Waals surface area (Å²) in [5, 5.41) is 9.88. The molecule has 33 heavy (non-hydrogen) atoms. The molecular weight excluding hydrogens is 420 g/mol. The van der Waals surface area contributed by atoms with Crippen molar-refractivity contribution in [3.05, 3.63) is 36.0 Å². The first-order valence-electron chi connectivity index (χ1n) is 11.5. The van der Waals surface area contributed by atoms with E-state index in [0.717, 1.165) is 70.0 Å². The summed E-state index contributed by atoms with van der Waals surface area (Å²) in [6.07, 6.45) is 3.74. The number of carbonyl (C=O) groups is 2. The van der Waals surface area contributed by atoms with Crippen molar-refractivity contribution in [1.82, 2.24) is 20.2 Å². The largest absolute Gasteiger partial charge is 0.369 e. The highest BCUT2D eigenvalue weighted by Crippen LogP contribution is 2.23. The number of carbonyl (C=O) groups excluding carboxylic acids is 2. The average Bonchev–Trinajstić information content (AvgIpc) is 2.84. The molecule has 10 heteroatoms. The van der Waals surface area contributed by atoms with Crippen molar-refractivity contribution in [2.24, 2.45) is 11.7 Å². The number of amides is 2. The van der Waals surface area contributed by atoms with Crippen molar-refractivity contribution >= 4 is 35.0 Å². The summed E-state index contributed by atoms with van der Waals surface area (Å²) in [6.45, 7) is 7.44. The molecule has 5 N–H and O–H groups in total. The van der Waals surface area contributed by atoms with E-state index >= 15 is 0 Å². The molecule has 0 aliphatic carbocycles. The van der Waals surface area contributed by atoms with Crippen LogP contribution in [0.1, 0.15) is 30.1 Å². The smallest absolute Gasteiger partial charge is 0.254 e. The van der Waals surface area contributed by atoms with Gasteiger partial charge < -0.3 is 31.5 Å². The fraction of sp³-hybridized carbons (Fsp3) is 0.478. The van der Waals surface area contributed by atoms with Gasteiger partial charge in [0.2, 0.25) is 11.9 Å². The second-order valence-corrected chi connectivity index (χ2v) is 8.58. The predicted octanol–water partition coefficient (Wildman–Crippen LogP) is 1.40. The maximum Gasteiger partial charge on any atom is 0.254 e. The van der Waals surface area contributed by atoms with E-state index in [1.54, 1.807) is 6.92 Å². The van der Waals surface area contributed by atoms with Crippen LogP contribution in [0, 0.1) is 5.92 Å². The van der Waals surface area contributed by atoms with Crippen molar-refractivity contribution in [1.29, 1.82) is 0 Å². The zero-order chi connectivity index (χ0) is 23.2. The van der Waals surface area contributed by atoms with Gasteiger partial charge in [-0.1, -0.05) is 0 Å². The van der Waals surface area contributed by atoms with Gasteiger partial charge in [-0.2, -0.15) is 4.98 Å². The molecule has 10 nitrogen and oxygen atoms in total. The van der Waals surface area contributed by atoms with Gasteiger partial charge >= 0.3 is 0 Å². The fourth-order valence-corrected chi connectivity index (χ4v) is 4.26. The minimum absolute atomic E-state index is 0.126. The molecule has 1 unspecified atom stereocenters. The molecular formula is C23H32N8O2. The van der Waals surface area contributed by atoms with Crippen LogP contribution in [0.15, 0.2) is 30.5 Å². The SMILES string of the molecule is CC(=O)N1CCN(c2ccc(Nc3ncc(C(N)=O)c(NCC4CCCNC4)n3)cc2)CC1. The van der Waals surface area contributed by atoms with E-state index in [4.69, 9.17) is 5.73 Å². The van der Waals surface area contributed by atoms with Crippen LogP contribution in [0.4, 0.5) is 23.1 Å². The number of nitrogens with one attached hydrogen (secondary N) is 3. The van der Waals surface area contributed by atoms with Gasteiger partial charge in [-0.3, -0.25) is 9.59 Å². The van der Waals surface area contributed by atoms with Gasteiger partial charge in [0.25, 0.3) is 5.91 Å². The van der Waals surface area contributed by atoms with Crippen LogP contribution < -0.4 is 26.6 Å². The van der Waals surface area contributed by atoms with E-state index < -0.39 is 5.91 Å². The number of nitrogens with two attached hydrogens (primary N) is 1. The number of piperidine rings is 1. The summed E-state index contributed by atoms with van der Waals surface area (Å²) in [7, 11) is 0. The van der Waals surface area contributed by atoms with Crippen molar-refractivity contribution < 1.29 is 9.59 Å². The maximum atomic E-state index is 11.8. The maximum absolute atomic E-state index is 11.8. The van der Waals surface area contributed by atoms with Crippen LogP contribution in [0.3, 0.4) is 0 Å². The number of rotatable bonds is 7. The van der Waals surface area contributed by atoms with Crippen LogP contribution in [0.25, 0.3) is 0 Å². The molecule has 0 bridgehead atoms. The Bertz CT molecular complexity index is 967. The van der Waals surface area contributed by atoms with E-state index in [1.165, 1.54) is 6.20 Å². The molecule has 176 valence electrons. The normalized spacial score (nSPS) is 18.6. The first-order chi connectivity index (χ1) is 16.0. The molecule has 1 aromatic heterocycles. The summed E-state index contributed by atoms with van der Waals surface area (Å²) in [5.41, 5.74) is 7.75. The Morgan fingerprint density at radius 2 is 1.94 bits per heavy atom. The van der Waals surface area contributed by atoms with E-state index in [9.17, 15) is 9.59 Å². The molecule has 2 amide bonds. The zero-order valence-electron chi connectivity index (χ0n) is 19.0. The predicted molar refractivity (Wildman–Crippen MR) is 129 cm³/mol. The summed E-state index contributed by atoms with van der Waals surface area (Å²) < 4.78 is 0. The lowest BCUT2D eigenvalue weighted by Gasteiger charge is -2.35. The Kier molecular flexibility index (Phi) is 7.23. The highest BCUT2D eigenvalue weighted by atomic mass is 16.2. The zero-order valence-corrected chi connectivity index (χ0v) is 19.0. The summed E-state index contributed by atoms with van der Waals surface area (Å²) in [5.74, 6) is 0.897. The molecule has 0 spiro atoms. The standard InChI is InChI=1S/C23H32N8O2/c1-16(32)30-9-11-31(12-10-30)19-6-4-18(5-7-19)28-23-27-15-20(21(24)33)22(29-23)26-14-17-3-2-8-25-13-17/h4-7,15,17,25H,2-3,8-14H2,1H3,(H2,24,33)(H2,26,27,28,29). The molecule has 2 aliphatic rings. The summed E-state index contributed by atoms with van der Waals surface area (Å²) >= 11 is 0. The van der Waals surface area contributed by atoms with Crippen molar-refractivity contribution in [3.8, 4) is 0 Å². The number of primary amides is 1. The Morgan fingerprint density at radius 1 is 1.18 bits per heavy atom. The van der Waals surface area contributed by atoms with Crippen LogP contribution in [-0.2, 0) is 4.79 Å². The number of piperazine rings is 1. The van der Waals surface area contributed by atoms with E-state index in [0.29, 0.717) is 17.7 Å². The molecule has 1 atom stereocenters. The van der Waals surface area contributed by atoms with Crippen molar-refractivity contribution in [3.63, 3.8) is 0 Å². The van der Waals surface area contributed by atoms with Gasteiger partial charge in [-0.25, -0.2) is 4.98 Å². The van der Waals surface area contributed by atoms with Gasteiger partial charge in [0, 0.05) is 57.2 Å². The monoisotopic (exact) mass is 452 g/mol. The lowest BCUT2D eigenvalue weighted by atomic mass is 10.00. The van der Waals surface area contributed by atoms with Crippen LogP contribution >= 0.6 is 0 Å². The molecule has 3 heterocycles. The van der Waals surface area contributed by atoms with Crippen molar-refractivity contribution in [2.75, 3.05) is 61.3 Å². The quantitative estimate of drug-likeness (QED) is 0.496. The average molecular weight is 453 g/mol. The van der Waals surface area contributed by atoms with Crippen LogP contribution in [-0.4, -0.2) is 72.5 Å². The lowest BCUT2D eigenvalue weighted by molar-refractivity contribution is -0.129. The molecule has 2 aliphatic heterocycles. The summed E-state index contributed by atoms with van der Waals surface area (Å²) in [4.78, 5) is 36.3. The highest BCUT2D eigenvalue weighted by Gasteiger charge is 2.19. The van der Waals surface area contributed by atoms with E-state index in [2.05, 4.69) is 30.8 Å². The van der Waals surface area contributed by atoms with Gasteiger partial charge in [-0.15, -0.1) is 0 Å². The van der Waals surface area contributed by atoms with E-state index in [-0.39, 0.29) is 11.5 Å². The molecule has 2 saturated heterocycles. The Labute approximate surface area is 193 Å². The van der Waals surface area contributed by atoms with Gasteiger partial charge in [0.15, 0.2) is 0 Å². The van der Waals surface area contributed by atoms with Crippen LogP contribution in [0.5, 0.6) is 0 Å². The van der Waals surface area contributed by atoms with Gasteiger partial charge in [0.05, 0.1) is 5.56 Å². The Hall–Kier alpha value is -3.40. The lowest BCUT2D eigenvalue weighted by Crippen LogP contribution is -2.48. The molecule has 1 aromatic carbocycles. The number of benzene rings is 1. The first-order valence-corrected chi connectivity index (χ1v) is 11.5. The summed E-state index contributed by atoms with van der Waals surface area (Å²) in [6, 6.07) is 8.02. The topological polar surface area (TPSA) is 129 Å². The molecule has 0 radical (unpaired) electrons. The Morgan fingerprint density at radius 3 is 2.58 bits per heavy atom. The number of hydrogen-bond donors (Lipinski definition) is 4. The molecule has 4 rings (SSSR count). The molecule has 2 fully saturated rings. The number of hydrogen-bond acceptors (Lipinski definition) is 8. The van der Waals surface area contributed by atoms with Crippen molar-refractivity contribution in [2.45, 2.75) is 19.8 Å². The number of aromatic nitrogens is 2. The van der Waals surface area contributed by atoms with Gasteiger partial charge in [0.1, 0.15) is 5.82 Å². The third-order valence-corrected chi connectivity index (χ3v) is 6.22. The van der Waals surface area contributed by atoms with E-state index in [1.807, 2.05) is 29.2 Å². The molecule has 2 aromatic rings. The number of nitrogens with zero attached hydrogens (tertiary/aromatic N) is 4. The minimum Gasteiger partial charge on any atom is -0.369 e. The molecule has 0 saturated carbocycles. The minimum atomic E-state index is -0.556. The fourth-order valence-electron chi connectivity index (χ4n) is 4.26. The second kappa shape index (κ2) is 10.5. The van der Waals surface area contributed by atoms with Crippen LogP contribution in [0.2, 0.25) is 0 Å². The number of anilines is 4. The third kappa shape index (κ3) is 5.89.